The highest BCUT2D eigenvalue weighted by Crippen LogP contribution is 2.31. The number of hydrogen-bond acceptors (Lipinski definition) is 4. The van der Waals surface area contributed by atoms with Crippen molar-refractivity contribution >= 4 is 33.2 Å². The van der Waals surface area contributed by atoms with Crippen LogP contribution in [0.5, 0.6) is 0 Å². The Balaban J connectivity index is 3.12. The van der Waals surface area contributed by atoms with E-state index in [1.807, 2.05) is 0 Å². The van der Waals surface area contributed by atoms with Crippen molar-refractivity contribution in [2.45, 2.75) is 17.9 Å². The first kappa shape index (κ1) is 17.7. The van der Waals surface area contributed by atoms with Gasteiger partial charge >= 0.3 is 0 Å². The molecule has 5 nitrogen and oxygen atoms in total. The van der Waals surface area contributed by atoms with E-state index >= 15 is 0 Å². The second kappa shape index (κ2) is 7.59. The lowest BCUT2D eigenvalue weighted by Gasteiger charge is -2.19. The number of aliphatic hydroxyl groups is 1. The minimum Gasteiger partial charge on any atom is -0.392 e. The molecule has 1 aromatic carbocycles. The number of ether oxygens (including phenoxy) is 1. The molecule has 0 unspecified atom stereocenters. The van der Waals surface area contributed by atoms with Gasteiger partial charge in [0.25, 0.3) is 0 Å². The van der Waals surface area contributed by atoms with Crippen LogP contribution in [0.2, 0.25) is 10.0 Å². The summed E-state index contributed by atoms with van der Waals surface area (Å²) in [6, 6.07) is 2.72. The Labute approximate surface area is 129 Å². The molecular weight excluding hydrogens is 325 g/mol. The molecule has 0 saturated heterocycles. The Morgan fingerprint density at radius 1 is 1.35 bits per heavy atom. The minimum atomic E-state index is -3.75. The van der Waals surface area contributed by atoms with Crippen LogP contribution in [0.4, 0.5) is 0 Å². The molecule has 8 heteroatoms. The summed E-state index contributed by atoms with van der Waals surface area (Å²) in [5, 5.41) is 9.38. The van der Waals surface area contributed by atoms with Crippen LogP contribution < -0.4 is 0 Å². The number of sulfonamides is 1. The second-order valence-electron chi connectivity index (χ2n) is 4.21. The summed E-state index contributed by atoms with van der Waals surface area (Å²) in [6.07, 6.45) is 0.567. The highest BCUT2D eigenvalue weighted by atomic mass is 35.5. The van der Waals surface area contributed by atoms with Crippen LogP contribution in [0.25, 0.3) is 0 Å². The van der Waals surface area contributed by atoms with Crippen molar-refractivity contribution < 1.29 is 18.3 Å². The molecule has 0 radical (unpaired) electrons. The molecule has 0 heterocycles. The first-order valence-electron chi connectivity index (χ1n) is 5.88. The van der Waals surface area contributed by atoms with Gasteiger partial charge in [-0.1, -0.05) is 23.2 Å². The Morgan fingerprint density at radius 3 is 2.55 bits per heavy atom. The van der Waals surface area contributed by atoms with E-state index in [-0.39, 0.29) is 27.1 Å². The standard InChI is InChI=1S/C12H17Cl2NO4S/c1-15(4-3-5-19-2)20(17,18)11-7-10(13)6-9(8-16)12(11)14/h6-7,16H,3-5,8H2,1-2H3. The van der Waals surface area contributed by atoms with Gasteiger partial charge in [0.05, 0.1) is 11.6 Å². The van der Waals surface area contributed by atoms with E-state index < -0.39 is 10.0 Å². The molecule has 0 bridgehead atoms. The molecule has 0 saturated carbocycles. The number of halogens is 2. The van der Waals surface area contributed by atoms with Crippen LogP contribution in [0.15, 0.2) is 17.0 Å². The van der Waals surface area contributed by atoms with Gasteiger partial charge in [0.1, 0.15) is 4.90 Å². The summed E-state index contributed by atoms with van der Waals surface area (Å²) in [6.45, 7) is 0.383. The van der Waals surface area contributed by atoms with E-state index in [0.29, 0.717) is 19.6 Å². The van der Waals surface area contributed by atoms with E-state index in [1.165, 1.54) is 23.5 Å². The number of methoxy groups -OCH3 is 1. The van der Waals surface area contributed by atoms with Crippen molar-refractivity contribution in [2.24, 2.45) is 0 Å². The molecular formula is C12H17Cl2NO4S. The lowest BCUT2D eigenvalue weighted by molar-refractivity contribution is 0.189. The van der Waals surface area contributed by atoms with Crippen LogP contribution in [0.1, 0.15) is 12.0 Å². The maximum Gasteiger partial charge on any atom is 0.244 e. The van der Waals surface area contributed by atoms with E-state index in [0.717, 1.165) is 0 Å². The monoisotopic (exact) mass is 341 g/mol. The predicted molar refractivity (Wildman–Crippen MR) is 78.7 cm³/mol. The van der Waals surface area contributed by atoms with Crippen molar-refractivity contribution in [3.05, 3.63) is 27.7 Å². The van der Waals surface area contributed by atoms with E-state index in [9.17, 15) is 13.5 Å². The first-order valence-corrected chi connectivity index (χ1v) is 8.08. The number of benzene rings is 1. The molecule has 0 spiro atoms. The lowest BCUT2D eigenvalue weighted by Crippen LogP contribution is -2.29. The van der Waals surface area contributed by atoms with Gasteiger partial charge in [-0.2, -0.15) is 0 Å². The van der Waals surface area contributed by atoms with Gasteiger partial charge in [-0.05, 0) is 24.1 Å². The highest BCUT2D eigenvalue weighted by Gasteiger charge is 2.25. The summed E-state index contributed by atoms with van der Waals surface area (Å²) in [5.41, 5.74) is 0.281. The number of nitrogens with zero attached hydrogens (tertiary/aromatic N) is 1. The van der Waals surface area contributed by atoms with Gasteiger partial charge in [0, 0.05) is 32.3 Å². The van der Waals surface area contributed by atoms with Gasteiger partial charge in [0.2, 0.25) is 10.0 Å². The second-order valence-corrected chi connectivity index (χ2v) is 7.04. The van der Waals surface area contributed by atoms with Crippen LogP contribution in [-0.2, 0) is 21.4 Å². The molecule has 0 atom stereocenters. The van der Waals surface area contributed by atoms with Crippen molar-refractivity contribution in [1.29, 1.82) is 0 Å². The fourth-order valence-corrected chi connectivity index (χ4v) is 3.75. The molecule has 20 heavy (non-hydrogen) atoms. The average molecular weight is 342 g/mol. The zero-order valence-corrected chi connectivity index (χ0v) is 13.6. The third-order valence-electron chi connectivity index (χ3n) is 2.76. The Hall–Kier alpha value is -0.370. The normalized spacial score (nSPS) is 12.1. The van der Waals surface area contributed by atoms with Crippen LogP contribution >= 0.6 is 23.2 Å². The van der Waals surface area contributed by atoms with Gasteiger partial charge in [-0.25, -0.2) is 12.7 Å². The maximum absolute atomic E-state index is 12.4. The molecule has 0 aromatic heterocycles. The topological polar surface area (TPSA) is 66.8 Å². The third-order valence-corrected chi connectivity index (χ3v) is 5.42. The molecule has 0 aliphatic rings. The molecule has 0 amide bonds. The van der Waals surface area contributed by atoms with E-state index in [1.54, 1.807) is 7.11 Å². The fraction of sp³-hybridized carbons (Fsp3) is 0.500. The highest BCUT2D eigenvalue weighted by molar-refractivity contribution is 7.89. The summed E-state index contributed by atoms with van der Waals surface area (Å²) < 4.78 is 30.9. The summed E-state index contributed by atoms with van der Waals surface area (Å²) in [4.78, 5) is -0.101. The van der Waals surface area contributed by atoms with Crippen molar-refractivity contribution in [3.63, 3.8) is 0 Å². The van der Waals surface area contributed by atoms with Gasteiger partial charge in [0.15, 0.2) is 0 Å². The van der Waals surface area contributed by atoms with Gasteiger partial charge < -0.3 is 9.84 Å². The Morgan fingerprint density at radius 2 is 2.00 bits per heavy atom. The zero-order chi connectivity index (χ0) is 15.3. The molecule has 1 rings (SSSR count). The lowest BCUT2D eigenvalue weighted by atomic mass is 10.2. The van der Waals surface area contributed by atoms with Crippen molar-refractivity contribution in [2.75, 3.05) is 27.3 Å². The van der Waals surface area contributed by atoms with Crippen LogP contribution in [-0.4, -0.2) is 45.1 Å². The summed E-state index contributed by atoms with van der Waals surface area (Å²) >= 11 is 11.9. The number of hydrogen-bond donors (Lipinski definition) is 1. The Bertz CT molecular complexity index is 563. The van der Waals surface area contributed by atoms with Crippen LogP contribution in [0.3, 0.4) is 0 Å². The molecule has 0 aliphatic heterocycles. The van der Waals surface area contributed by atoms with Gasteiger partial charge in [-0.15, -0.1) is 0 Å². The smallest absolute Gasteiger partial charge is 0.244 e. The Kier molecular flexibility index (Phi) is 6.71. The number of aliphatic hydroxyl groups excluding tert-OH is 1. The molecule has 0 fully saturated rings. The van der Waals surface area contributed by atoms with Crippen molar-refractivity contribution in [1.82, 2.24) is 4.31 Å². The molecule has 114 valence electrons. The number of rotatable bonds is 7. The zero-order valence-electron chi connectivity index (χ0n) is 11.3. The van der Waals surface area contributed by atoms with E-state index in [4.69, 9.17) is 27.9 Å². The van der Waals surface area contributed by atoms with E-state index in [2.05, 4.69) is 0 Å². The third kappa shape index (κ3) is 4.07. The largest absolute Gasteiger partial charge is 0.392 e. The van der Waals surface area contributed by atoms with Crippen molar-refractivity contribution in [3.8, 4) is 0 Å². The molecule has 1 aromatic rings. The summed E-state index contributed by atoms with van der Waals surface area (Å²) in [5.74, 6) is 0. The molecule has 1 N–H and O–H groups in total. The molecule has 0 aliphatic carbocycles. The first-order chi connectivity index (χ1) is 9.34. The van der Waals surface area contributed by atoms with Crippen LogP contribution in [0, 0.1) is 0 Å². The summed E-state index contributed by atoms with van der Waals surface area (Å²) in [7, 11) is -0.744. The maximum atomic E-state index is 12.4. The predicted octanol–water partition coefficient (Wildman–Crippen LogP) is 2.14. The minimum absolute atomic E-state index is 0.00417. The quantitative estimate of drug-likeness (QED) is 0.771. The van der Waals surface area contributed by atoms with Gasteiger partial charge in [-0.3, -0.25) is 0 Å². The SMILES string of the molecule is COCCCN(C)S(=O)(=O)c1cc(Cl)cc(CO)c1Cl. The fourth-order valence-electron chi connectivity index (χ4n) is 1.64. The average Bonchev–Trinajstić information content (AvgIpc) is 2.40.